The van der Waals surface area contributed by atoms with Crippen LogP contribution in [0.3, 0.4) is 0 Å². The van der Waals surface area contributed by atoms with E-state index in [-0.39, 0.29) is 49.1 Å². The number of nitrogens with zero attached hydrogens (tertiary/aromatic N) is 2. The molecule has 12 heteroatoms. The predicted molar refractivity (Wildman–Crippen MR) is 127 cm³/mol. The fourth-order valence-corrected chi connectivity index (χ4v) is 3.18. The van der Waals surface area contributed by atoms with E-state index in [4.69, 9.17) is 4.74 Å². The van der Waals surface area contributed by atoms with Gasteiger partial charge in [0.15, 0.2) is 0 Å². The minimum absolute atomic E-state index is 0.00130. The first-order chi connectivity index (χ1) is 16.4. The Morgan fingerprint density at radius 2 is 1.79 bits per heavy atom. The summed E-state index contributed by atoms with van der Waals surface area (Å²) in [6.07, 6.45) is 0. The molecule has 0 aliphatic carbocycles. The Kier molecular flexibility index (Phi) is 8.13. The molecule has 0 radical (unpaired) electrons. The lowest BCUT2D eigenvalue weighted by Crippen LogP contribution is -2.37. The zero-order chi connectivity index (χ0) is 24.5. The fourth-order valence-electron chi connectivity index (χ4n) is 3.18. The van der Waals surface area contributed by atoms with Gasteiger partial charge in [-0.15, -0.1) is 0 Å². The number of hydrogen-bond acceptors (Lipinski definition) is 8. The first-order valence-corrected chi connectivity index (χ1v) is 10.3. The van der Waals surface area contributed by atoms with E-state index in [0.717, 1.165) is 5.56 Å². The van der Waals surface area contributed by atoms with Crippen molar-refractivity contribution in [2.24, 2.45) is 0 Å². The van der Waals surface area contributed by atoms with E-state index in [0.29, 0.717) is 0 Å². The van der Waals surface area contributed by atoms with Crippen molar-refractivity contribution in [2.45, 2.75) is 13.1 Å². The second-order valence-electron chi connectivity index (χ2n) is 7.14. The number of rotatable bonds is 11. The molecule has 0 aliphatic rings. The molecule has 3 aromatic rings. The van der Waals surface area contributed by atoms with Crippen LogP contribution in [0.25, 0.3) is 0 Å². The SMILES string of the molecule is COCCn1c(NC(=O)CNc2ccccc2[N+](=O)[O-])c(NCc2ccccc2)c(=O)[nH]c1=O. The Hall–Kier alpha value is -4.45. The van der Waals surface area contributed by atoms with Crippen LogP contribution in [0.1, 0.15) is 5.56 Å². The van der Waals surface area contributed by atoms with E-state index in [1.54, 1.807) is 6.07 Å². The molecule has 0 spiro atoms. The lowest BCUT2D eigenvalue weighted by Gasteiger charge is -2.18. The van der Waals surface area contributed by atoms with Gasteiger partial charge >= 0.3 is 5.69 Å². The Bertz CT molecular complexity index is 1270. The average molecular weight is 468 g/mol. The van der Waals surface area contributed by atoms with Crippen LogP contribution in [-0.4, -0.2) is 40.6 Å². The molecule has 12 nitrogen and oxygen atoms in total. The number of benzene rings is 2. The Morgan fingerprint density at radius 1 is 1.09 bits per heavy atom. The first-order valence-electron chi connectivity index (χ1n) is 10.3. The molecule has 0 aliphatic heterocycles. The van der Waals surface area contributed by atoms with Crippen LogP contribution >= 0.6 is 0 Å². The smallest absolute Gasteiger partial charge is 0.330 e. The van der Waals surface area contributed by atoms with Crippen molar-refractivity contribution in [3.63, 3.8) is 0 Å². The number of nitro groups is 1. The second-order valence-corrected chi connectivity index (χ2v) is 7.14. The number of aromatic amines is 1. The van der Waals surface area contributed by atoms with E-state index < -0.39 is 22.1 Å². The molecule has 0 fully saturated rings. The predicted octanol–water partition coefficient (Wildman–Crippen LogP) is 1.75. The summed E-state index contributed by atoms with van der Waals surface area (Å²) in [5.74, 6) is -0.645. The highest BCUT2D eigenvalue weighted by Crippen LogP contribution is 2.23. The van der Waals surface area contributed by atoms with Crippen LogP contribution in [0.4, 0.5) is 22.9 Å². The number of amides is 1. The fraction of sp³-hybridized carbons (Fsp3) is 0.227. The normalized spacial score (nSPS) is 10.5. The van der Waals surface area contributed by atoms with Crippen molar-refractivity contribution in [3.05, 3.63) is 91.1 Å². The van der Waals surface area contributed by atoms with Gasteiger partial charge in [-0.3, -0.25) is 29.3 Å². The van der Waals surface area contributed by atoms with Crippen LogP contribution in [0, 0.1) is 10.1 Å². The molecule has 0 saturated heterocycles. The minimum Gasteiger partial charge on any atom is -0.383 e. The quantitative estimate of drug-likeness (QED) is 0.245. The number of carbonyl (C=O) groups excluding carboxylic acids is 1. The number of ether oxygens (including phenoxy) is 1. The highest BCUT2D eigenvalue weighted by Gasteiger charge is 2.18. The summed E-state index contributed by atoms with van der Waals surface area (Å²) in [4.78, 5) is 50.6. The number of nitrogens with one attached hydrogen (secondary N) is 4. The van der Waals surface area contributed by atoms with Gasteiger partial charge in [0.1, 0.15) is 17.2 Å². The average Bonchev–Trinajstić information content (AvgIpc) is 2.83. The van der Waals surface area contributed by atoms with Gasteiger partial charge in [-0.25, -0.2) is 4.79 Å². The maximum absolute atomic E-state index is 12.7. The third-order valence-corrected chi connectivity index (χ3v) is 4.83. The molecule has 3 rings (SSSR count). The summed E-state index contributed by atoms with van der Waals surface area (Å²) in [7, 11) is 1.46. The van der Waals surface area contributed by atoms with Crippen molar-refractivity contribution in [3.8, 4) is 0 Å². The molecular weight excluding hydrogens is 444 g/mol. The number of anilines is 3. The molecule has 1 amide bonds. The molecule has 2 aromatic carbocycles. The van der Waals surface area contributed by atoms with Crippen molar-refractivity contribution < 1.29 is 14.5 Å². The molecule has 1 heterocycles. The van der Waals surface area contributed by atoms with E-state index in [1.807, 2.05) is 30.3 Å². The molecule has 0 bridgehead atoms. The van der Waals surface area contributed by atoms with Crippen LogP contribution in [0.15, 0.2) is 64.2 Å². The van der Waals surface area contributed by atoms with Crippen molar-refractivity contribution >= 4 is 28.8 Å². The van der Waals surface area contributed by atoms with Crippen molar-refractivity contribution in [1.29, 1.82) is 0 Å². The van der Waals surface area contributed by atoms with Crippen LogP contribution in [0.5, 0.6) is 0 Å². The topological polar surface area (TPSA) is 160 Å². The number of aromatic nitrogens is 2. The van der Waals surface area contributed by atoms with Gasteiger partial charge in [0.05, 0.1) is 24.6 Å². The van der Waals surface area contributed by atoms with Crippen LogP contribution < -0.4 is 27.2 Å². The Labute approximate surface area is 193 Å². The summed E-state index contributed by atoms with van der Waals surface area (Å²) in [6, 6.07) is 15.2. The lowest BCUT2D eigenvalue weighted by atomic mass is 10.2. The molecule has 178 valence electrons. The third-order valence-electron chi connectivity index (χ3n) is 4.83. The molecular formula is C22H24N6O6. The van der Waals surface area contributed by atoms with E-state index in [2.05, 4.69) is 20.9 Å². The number of H-pyrrole nitrogens is 1. The second kappa shape index (κ2) is 11.4. The monoisotopic (exact) mass is 468 g/mol. The summed E-state index contributed by atoms with van der Waals surface area (Å²) in [5.41, 5.74) is -0.558. The largest absolute Gasteiger partial charge is 0.383 e. The summed E-state index contributed by atoms with van der Waals surface area (Å²) in [5, 5.41) is 19.4. The van der Waals surface area contributed by atoms with E-state index in [1.165, 1.54) is 29.9 Å². The number of carbonyl (C=O) groups is 1. The first kappa shape index (κ1) is 24.2. The zero-order valence-electron chi connectivity index (χ0n) is 18.4. The van der Waals surface area contributed by atoms with E-state index in [9.17, 15) is 24.5 Å². The lowest BCUT2D eigenvalue weighted by molar-refractivity contribution is -0.383. The maximum atomic E-state index is 12.7. The maximum Gasteiger partial charge on any atom is 0.330 e. The van der Waals surface area contributed by atoms with Crippen molar-refractivity contribution in [1.82, 2.24) is 9.55 Å². The number of hydrogen-bond donors (Lipinski definition) is 4. The van der Waals surface area contributed by atoms with Gasteiger partial charge in [0.25, 0.3) is 11.2 Å². The third kappa shape index (κ3) is 6.07. The standard InChI is InChI=1S/C22H24N6O6/c1-34-12-11-27-20(25-18(29)14-23-16-9-5-6-10-17(16)28(32)33)19(21(30)26-22(27)31)24-13-15-7-3-2-4-8-15/h2-10,23-24H,11-14H2,1H3,(H,25,29)(H,26,30,31). The highest BCUT2D eigenvalue weighted by atomic mass is 16.6. The Morgan fingerprint density at radius 3 is 2.50 bits per heavy atom. The minimum atomic E-state index is -0.714. The zero-order valence-corrected chi connectivity index (χ0v) is 18.4. The molecule has 0 saturated carbocycles. The van der Waals surface area contributed by atoms with Crippen LogP contribution in [-0.2, 0) is 22.6 Å². The van der Waals surface area contributed by atoms with Gasteiger partial charge in [-0.2, -0.15) is 0 Å². The highest BCUT2D eigenvalue weighted by molar-refractivity contribution is 5.95. The van der Waals surface area contributed by atoms with Gasteiger partial charge in [0.2, 0.25) is 5.91 Å². The van der Waals surface area contributed by atoms with Crippen LogP contribution in [0.2, 0.25) is 0 Å². The number of nitro benzene ring substituents is 1. The van der Waals surface area contributed by atoms with Gasteiger partial charge < -0.3 is 20.7 Å². The molecule has 1 aromatic heterocycles. The van der Waals surface area contributed by atoms with Gasteiger partial charge in [-0.05, 0) is 11.6 Å². The van der Waals surface area contributed by atoms with Gasteiger partial charge in [-0.1, -0.05) is 42.5 Å². The summed E-state index contributed by atoms with van der Waals surface area (Å²) >= 11 is 0. The molecule has 0 atom stereocenters. The Balaban J connectivity index is 1.86. The van der Waals surface area contributed by atoms with Crippen molar-refractivity contribution in [2.75, 3.05) is 36.2 Å². The summed E-state index contributed by atoms with van der Waals surface area (Å²) in [6.45, 7) is 0.152. The number of methoxy groups -OCH3 is 1. The van der Waals surface area contributed by atoms with E-state index >= 15 is 0 Å². The molecule has 34 heavy (non-hydrogen) atoms. The van der Waals surface area contributed by atoms with Gasteiger partial charge in [0, 0.05) is 19.7 Å². The molecule has 0 unspecified atom stereocenters. The molecule has 4 N–H and O–H groups in total. The number of para-hydroxylation sites is 2. The summed E-state index contributed by atoms with van der Waals surface area (Å²) < 4.78 is 6.22.